The number of hydrogen-bond acceptors (Lipinski definition) is 3. The van der Waals surface area contributed by atoms with Crippen molar-refractivity contribution >= 4 is 5.78 Å². The molecule has 1 heterocycles. The predicted molar refractivity (Wildman–Crippen MR) is 76.3 cm³/mol. The largest absolute Gasteiger partial charge is 0.379 e. The normalized spacial score (nSPS) is 22.6. The molecule has 0 bridgehead atoms. The Morgan fingerprint density at radius 2 is 2.05 bits per heavy atom. The van der Waals surface area contributed by atoms with E-state index in [1.807, 2.05) is 12.1 Å². The molecule has 19 heavy (non-hydrogen) atoms. The molecule has 0 amide bonds. The molecule has 1 aliphatic rings. The molecular formula is C16H23NO2. The van der Waals surface area contributed by atoms with Crippen LogP contribution in [0.3, 0.4) is 0 Å². The van der Waals surface area contributed by atoms with Gasteiger partial charge in [0.05, 0.1) is 19.1 Å². The van der Waals surface area contributed by atoms with Gasteiger partial charge in [-0.3, -0.25) is 4.79 Å². The number of carbonyl (C=O) groups excluding carboxylic acids is 1. The summed E-state index contributed by atoms with van der Waals surface area (Å²) in [5.41, 5.74) is 2.32. The van der Waals surface area contributed by atoms with Crippen LogP contribution in [0.1, 0.15) is 24.5 Å². The third-order valence-corrected chi connectivity index (χ3v) is 3.65. The van der Waals surface area contributed by atoms with Crippen LogP contribution in [0.4, 0.5) is 0 Å². The van der Waals surface area contributed by atoms with E-state index in [0.29, 0.717) is 19.6 Å². The molecule has 0 aliphatic carbocycles. The van der Waals surface area contributed by atoms with E-state index in [1.165, 1.54) is 5.56 Å². The molecule has 2 unspecified atom stereocenters. The van der Waals surface area contributed by atoms with Crippen LogP contribution in [0.5, 0.6) is 0 Å². The molecule has 1 aromatic rings. The highest BCUT2D eigenvalue weighted by Crippen LogP contribution is 2.17. The molecule has 0 radical (unpaired) electrons. The van der Waals surface area contributed by atoms with Crippen LogP contribution in [0.15, 0.2) is 24.3 Å². The Hall–Kier alpha value is -1.19. The maximum atomic E-state index is 12.4. The zero-order valence-corrected chi connectivity index (χ0v) is 11.8. The molecule has 1 saturated heterocycles. The molecule has 0 saturated carbocycles. The Kier molecular flexibility index (Phi) is 5.11. The zero-order chi connectivity index (χ0) is 13.7. The van der Waals surface area contributed by atoms with Crippen molar-refractivity contribution in [2.24, 2.45) is 5.92 Å². The second-order valence-corrected chi connectivity index (χ2v) is 5.33. The summed E-state index contributed by atoms with van der Waals surface area (Å²) in [6.45, 7) is 6.35. The number of benzene rings is 1. The van der Waals surface area contributed by atoms with Crippen LogP contribution in [0.25, 0.3) is 0 Å². The molecule has 2 atom stereocenters. The lowest BCUT2D eigenvalue weighted by Crippen LogP contribution is -2.40. The second-order valence-electron chi connectivity index (χ2n) is 5.33. The quantitative estimate of drug-likeness (QED) is 0.852. The van der Waals surface area contributed by atoms with Gasteiger partial charge < -0.3 is 10.1 Å². The lowest BCUT2D eigenvalue weighted by Gasteiger charge is -2.17. The SMILES string of the molecule is CCCNC1COCC1C(=O)Cc1ccc(C)cc1. The first-order chi connectivity index (χ1) is 9.20. The first-order valence-electron chi connectivity index (χ1n) is 7.10. The highest BCUT2D eigenvalue weighted by molar-refractivity contribution is 5.84. The third kappa shape index (κ3) is 3.88. The summed E-state index contributed by atoms with van der Waals surface area (Å²) < 4.78 is 5.46. The summed E-state index contributed by atoms with van der Waals surface area (Å²) in [6.07, 6.45) is 1.59. The summed E-state index contributed by atoms with van der Waals surface area (Å²) in [6, 6.07) is 8.38. The molecule has 1 aliphatic heterocycles. The topological polar surface area (TPSA) is 38.3 Å². The first-order valence-corrected chi connectivity index (χ1v) is 7.10. The number of nitrogens with one attached hydrogen (secondary N) is 1. The van der Waals surface area contributed by atoms with Crippen LogP contribution in [-0.2, 0) is 16.0 Å². The average Bonchev–Trinajstić information content (AvgIpc) is 2.87. The van der Waals surface area contributed by atoms with E-state index in [-0.39, 0.29) is 17.7 Å². The lowest BCUT2D eigenvalue weighted by atomic mass is 9.93. The third-order valence-electron chi connectivity index (χ3n) is 3.65. The number of hydrogen-bond donors (Lipinski definition) is 1. The summed E-state index contributed by atoms with van der Waals surface area (Å²) in [5.74, 6) is 0.294. The molecule has 0 spiro atoms. The summed E-state index contributed by atoms with van der Waals surface area (Å²) in [7, 11) is 0. The number of rotatable bonds is 6. The van der Waals surface area contributed by atoms with E-state index >= 15 is 0 Å². The van der Waals surface area contributed by atoms with Gasteiger partial charge in [0.15, 0.2) is 0 Å². The van der Waals surface area contributed by atoms with Gasteiger partial charge >= 0.3 is 0 Å². The number of carbonyl (C=O) groups is 1. The number of aryl methyl sites for hydroxylation is 1. The van der Waals surface area contributed by atoms with Gasteiger partial charge in [0.2, 0.25) is 0 Å². The van der Waals surface area contributed by atoms with Crippen LogP contribution >= 0.6 is 0 Å². The Balaban J connectivity index is 1.93. The molecule has 2 rings (SSSR count). The molecule has 1 fully saturated rings. The van der Waals surface area contributed by atoms with Gasteiger partial charge in [0.1, 0.15) is 5.78 Å². The van der Waals surface area contributed by atoms with Crippen molar-refractivity contribution in [3.63, 3.8) is 0 Å². The van der Waals surface area contributed by atoms with E-state index in [4.69, 9.17) is 4.74 Å². The van der Waals surface area contributed by atoms with E-state index < -0.39 is 0 Å². The smallest absolute Gasteiger partial charge is 0.144 e. The van der Waals surface area contributed by atoms with Gasteiger partial charge in [0, 0.05) is 12.5 Å². The van der Waals surface area contributed by atoms with Crippen molar-refractivity contribution in [1.29, 1.82) is 0 Å². The van der Waals surface area contributed by atoms with Gasteiger partial charge in [-0.1, -0.05) is 36.8 Å². The van der Waals surface area contributed by atoms with Gasteiger partial charge in [-0.2, -0.15) is 0 Å². The highest BCUT2D eigenvalue weighted by atomic mass is 16.5. The van der Waals surface area contributed by atoms with Gasteiger partial charge in [-0.15, -0.1) is 0 Å². The fourth-order valence-corrected chi connectivity index (χ4v) is 2.44. The maximum Gasteiger partial charge on any atom is 0.144 e. The van der Waals surface area contributed by atoms with E-state index in [2.05, 4.69) is 31.3 Å². The zero-order valence-electron chi connectivity index (χ0n) is 11.8. The standard InChI is InChI=1S/C16H23NO2/c1-3-8-17-15-11-19-10-14(15)16(18)9-13-6-4-12(2)5-7-13/h4-7,14-15,17H,3,8-11H2,1-2H3. The average molecular weight is 261 g/mol. The molecule has 3 nitrogen and oxygen atoms in total. The van der Waals surface area contributed by atoms with Crippen molar-refractivity contribution in [3.05, 3.63) is 35.4 Å². The van der Waals surface area contributed by atoms with Gasteiger partial charge in [-0.25, -0.2) is 0 Å². The fraction of sp³-hybridized carbons (Fsp3) is 0.562. The Morgan fingerprint density at radius 1 is 1.32 bits per heavy atom. The maximum absolute atomic E-state index is 12.4. The lowest BCUT2D eigenvalue weighted by molar-refractivity contribution is -0.122. The van der Waals surface area contributed by atoms with Crippen molar-refractivity contribution in [1.82, 2.24) is 5.32 Å². The minimum Gasteiger partial charge on any atom is -0.379 e. The highest BCUT2D eigenvalue weighted by Gasteiger charge is 2.33. The van der Waals surface area contributed by atoms with Crippen molar-refractivity contribution in [2.75, 3.05) is 19.8 Å². The van der Waals surface area contributed by atoms with Crippen molar-refractivity contribution in [3.8, 4) is 0 Å². The molecule has 1 N–H and O–H groups in total. The Bertz CT molecular complexity index is 413. The van der Waals surface area contributed by atoms with E-state index in [1.54, 1.807) is 0 Å². The molecule has 3 heteroatoms. The van der Waals surface area contributed by atoms with Crippen LogP contribution < -0.4 is 5.32 Å². The minimum atomic E-state index is 0.00727. The predicted octanol–water partition coefficient (Wildman–Crippen LogP) is 2.12. The molecule has 104 valence electrons. The number of ether oxygens (including phenoxy) is 1. The Morgan fingerprint density at radius 3 is 2.74 bits per heavy atom. The molecular weight excluding hydrogens is 238 g/mol. The summed E-state index contributed by atoms with van der Waals surface area (Å²) in [5, 5.41) is 3.41. The van der Waals surface area contributed by atoms with E-state index in [0.717, 1.165) is 18.5 Å². The summed E-state index contributed by atoms with van der Waals surface area (Å²) in [4.78, 5) is 12.4. The number of Topliss-reactive ketones (excluding diaryl/α,β-unsaturated/α-hetero) is 1. The van der Waals surface area contributed by atoms with E-state index in [9.17, 15) is 4.79 Å². The molecule has 1 aromatic carbocycles. The van der Waals surface area contributed by atoms with Crippen molar-refractivity contribution in [2.45, 2.75) is 32.7 Å². The number of ketones is 1. The summed E-state index contributed by atoms with van der Waals surface area (Å²) >= 11 is 0. The Labute approximate surface area is 115 Å². The van der Waals surface area contributed by atoms with Gasteiger partial charge in [0.25, 0.3) is 0 Å². The van der Waals surface area contributed by atoms with Gasteiger partial charge in [-0.05, 0) is 25.5 Å². The minimum absolute atomic E-state index is 0.00727. The second kappa shape index (κ2) is 6.83. The van der Waals surface area contributed by atoms with Crippen LogP contribution in [0.2, 0.25) is 0 Å². The molecule has 0 aromatic heterocycles. The van der Waals surface area contributed by atoms with Crippen LogP contribution in [0, 0.1) is 12.8 Å². The first kappa shape index (κ1) is 14.2. The van der Waals surface area contributed by atoms with Crippen molar-refractivity contribution < 1.29 is 9.53 Å². The monoisotopic (exact) mass is 261 g/mol. The van der Waals surface area contributed by atoms with Crippen LogP contribution in [-0.4, -0.2) is 31.6 Å². The fourth-order valence-electron chi connectivity index (χ4n) is 2.44.